The van der Waals surface area contributed by atoms with Crippen LogP contribution < -0.4 is 19.7 Å². The topological polar surface area (TPSA) is 115 Å². The minimum Gasteiger partial charge on any atom is -0.490 e. The van der Waals surface area contributed by atoms with E-state index in [0.29, 0.717) is 44.4 Å². The highest BCUT2D eigenvalue weighted by Crippen LogP contribution is 2.39. The van der Waals surface area contributed by atoms with Crippen LogP contribution in [0.5, 0.6) is 11.5 Å². The van der Waals surface area contributed by atoms with E-state index in [1.807, 2.05) is 38.1 Å². The fourth-order valence-electron chi connectivity index (χ4n) is 5.64. The highest BCUT2D eigenvalue weighted by molar-refractivity contribution is 7.81. The highest BCUT2D eigenvalue weighted by Gasteiger charge is 2.25. The van der Waals surface area contributed by atoms with Gasteiger partial charge in [-0.3, -0.25) is 9.78 Å². The fraction of sp³-hybridized carbons (Fsp3) is 0.267. The Morgan fingerprint density at radius 3 is 2.61 bits per heavy atom. The number of aromatic nitrogens is 3. The van der Waals surface area contributed by atoms with E-state index in [1.165, 1.54) is 12.3 Å². The van der Waals surface area contributed by atoms with Gasteiger partial charge in [-0.05, 0) is 70.1 Å². The van der Waals surface area contributed by atoms with Gasteiger partial charge in [0.15, 0.2) is 11.2 Å². The van der Waals surface area contributed by atoms with E-state index in [2.05, 4.69) is 30.0 Å². The van der Waals surface area contributed by atoms with Crippen molar-refractivity contribution in [2.45, 2.75) is 38.8 Å². The molecule has 2 aromatic carbocycles. The molecule has 0 unspecified atom stereocenters. The summed E-state index contributed by atoms with van der Waals surface area (Å²) in [5.41, 5.74) is 3.67. The summed E-state index contributed by atoms with van der Waals surface area (Å²) in [6, 6.07) is 10.6. The van der Waals surface area contributed by atoms with Crippen LogP contribution in [0.2, 0.25) is 0 Å². The zero-order valence-corrected chi connectivity index (χ0v) is 23.2. The Bertz CT molecular complexity index is 2040. The molecule has 9 nitrogen and oxygen atoms in total. The second-order valence-electron chi connectivity index (χ2n) is 10.4. The third-order valence-corrected chi connectivity index (χ3v) is 7.66. The van der Waals surface area contributed by atoms with Gasteiger partial charge in [-0.25, -0.2) is 0 Å². The number of nitrogens with one attached hydrogen (secondary N) is 2. The van der Waals surface area contributed by atoms with Crippen LogP contribution in [0, 0.1) is 12.3 Å². The van der Waals surface area contributed by atoms with Crippen LogP contribution in [0.3, 0.4) is 0 Å². The van der Waals surface area contributed by atoms with Crippen LogP contribution in [-0.2, 0) is 10.5 Å². The lowest BCUT2D eigenvalue weighted by molar-refractivity contribution is 0.244. The lowest BCUT2D eigenvalue weighted by Gasteiger charge is -2.28. The number of rotatable bonds is 6. The van der Waals surface area contributed by atoms with E-state index >= 15 is 0 Å². The molecule has 5 aromatic rings. The molecule has 11 heteroatoms. The van der Waals surface area contributed by atoms with E-state index in [4.69, 9.17) is 11.2 Å². The van der Waals surface area contributed by atoms with E-state index in [1.54, 1.807) is 6.07 Å². The van der Waals surface area contributed by atoms with Gasteiger partial charge in [0.1, 0.15) is 11.4 Å². The Kier molecular flexibility index (Phi) is 6.68. The van der Waals surface area contributed by atoms with Crippen molar-refractivity contribution in [1.29, 1.82) is 0 Å². The van der Waals surface area contributed by atoms with Crippen molar-refractivity contribution in [2.24, 2.45) is 0 Å². The molecule has 1 fully saturated rings. The van der Waals surface area contributed by atoms with Gasteiger partial charge in [0, 0.05) is 39.8 Å². The molecule has 41 heavy (non-hydrogen) atoms. The summed E-state index contributed by atoms with van der Waals surface area (Å²) in [7, 11) is -5.25. The maximum Gasteiger partial charge on any atom is 0.488 e. The van der Waals surface area contributed by atoms with Crippen molar-refractivity contribution in [2.75, 3.05) is 13.1 Å². The first-order chi connectivity index (χ1) is 19.6. The maximum absolute atomic E-state index is 14.2. The van der Waals surface area contributed by atoms with Crippen LogP contribution in [0.4, 0.5) is 3.89 Å². The van der Waals surface area contributed by atoms with Gasteiger partial charge in [-0.1, -0.05) is 15.9 Å². The predicted molar refractivity (Wildman–Crippen MR) is 156 cm³/mol. The Labute approximate surface area is 235 Å². The van der Waals surface area contributed by atoms with Crippen molar-refractivity contribution in [1.82, 2.24) is 19.9 Å². The van der Waals surface area contributed by atoms with Gasteiger partial charge >= 0.3 is 10.5 Å². The monoisotopic (exact) mass is 574 g/mol. The second kappa shape index (κ2) is 10.2. The normalized spacial score (nSPS) is 14.6. The summed E-state index contributed by atoms with van der Waals surface area (Å²) in [6.45, 7) is 5.37. The van der Waals surface area contributed by atoms with Crippen molar-refractivity contribution < 1.29 is 21.2 Å². The number of fused-ring (bicyclic) bond motifs is 4. The number of terminal acetylenes is 1. The smallest absolute Gasteiger partial charge is 0.488 e. The van der Waals surface area contributed by atoms with Gasteiger partial charge in [0.25, 0.3) is 0 Å². The minimum atomic E-state index is -5.25. The summed E-state index contributed by atoms with van der Waals surface area (Å²) in [5, 5.41) is 5.23. The van der Waals surface area contributed by atoms with Crippen LogP contribution >= 0.6 is 0 Å². The van der Waals surface area contributed by atoms with Gasteiger partial charge in [0.2, 0.25) is 0 Å². The molecule has 0 aliphatic carbocycles. The second-order valence-corrected chi connectivity index (χ2v) is 11.3. The Morgan fingerprint density at radius 2 is 1.90 bits per heavy atom. The van der Waals surface area contributed by atoms with Crippen LogP contribution in [0.15, 0.2) is 53.6 Å². The first-order valence-corrected chi connectivity index (χ1v) is 14.5. The molecule has 210 valence electrons. The molecular weight excluding hydrogens is 547 g/mol. The van der Waals surface area contributed by atoms with E-state index in [-0.39, 0.29) is 23.3 Å². The van der Waals surface area contributed by atoms with Gasteiger partial charge in [-0.2, -0.15) is 8.42 Å². The average molecular weight is 575 g/mol. The number of halogens is 1. The summed E-state index contributed by atoms with van der Waals surface area (Å²) in [5.74, 6) is 2.77. The molecule has 3 aromatic heterocycles. The summed E-state index contributed by atoms with van der Waals surface area (Å²) in [4.78, 5) is 21.7. The quantitative estimate of drug-likeness (QED) is 0.217. The number of H-pyrrole nitrogens is 1. The molecular formula is C30H27FN4O5S. The summed E-state index contributed by atoms with van der Waals surface area (Å²) in [6.07, 6.45) is 9.70. The number of ether oxygens (including phenoxy) is 1. The number of benzene rings is 2. The number of hydrogen-bond acceptors (Lipinski definition) is 7. The molecule has 1 aliphatic rings. The van der Waals surface area contributed by atoms with Gasteiger partial charge in [-0.15, -0.1) is 6.42 Å². The Balaban J connectivity index is 1.70. The number of piperidine rings is 1. The first kappa shape index (κ1) is 26.8. The molecule has 0 bridgehead atoms. The summed E-state index contributed by atoms with van der Waals surface area (Å²) < 4.78 is 48.3. The van der Waals surface area contributed by atoms with Crippen LogP contribution in [0.1, 0.15) is 38.3 Å². The molecule has 1 aliphatic heterocycles. The number of hydrogen-bond donors (Lipinski definition) is 2. The van der Waals surface area contributed by atoms with Crippen LogP contribution in [-0.4, -0.2) is 42.1 Å². The van der Waals surface area contributed by atoms with Crippen molar-refractivity contribution in [3.8, 4) is 35.0 Å². The SMILES string of the molecule is C#Cc1ccc2c(c1)[nH]c1c2c(=O)c2cc(OC(C)C)c(-c3cncc(OS(=O)(=O)F)c3)cc2n1C1CCNCC1. The first-order valence-electron chi connectivity index (χ1n) is 13.2. The Morgan fingerprint density at radius 1 is 1.12 bits per heavy atom. The van der Waals surface area contributed by atoms with Crippen molar-refractivity contribution in [3.63, 3.8) is 0 Å². The van der Waals surface area contributed by atoms with E-state index in [0.717, 1.165) is 43.0 Å². The minimum absolute atomic E-state index is 0.0798. The molecule has 0 atom stereocenters. The zero-order chi connectivity index (χ0) is 28.9. The molecule has 0 radical (unpaired) electrons. The lowest BCUT2D eigenvalue weighted by Crippen LogP contribution is -2.30. The molecule has 1 saturated heterocycles. The molecule has 2 N–H and O–H groups in total. The maximum atomic E-state index is 14.2. The number of pyridine rings is 2. The predicted octanol–water partition coefficient (Wildman–Crippen LogP) is 4.98. The summed E-state index contributed by atoms with van der Waals surface area (Å²) >= 11 is 0. The van der Waals surface area contributed by atoms with Crippen molar-refractivity contribution in [3.05, 3.63) is 64.6 Å². The van der Waals surface area contributed by atoms with Gasteiger partial charge in [0.05, 0.1) is 28.6 Å². The van der Waals surface area contributed by atoms with E-state index in [9.17, 15) is 17.1 Å². The highest BCUT2D eigenvalue weighted by atomic mass is 32.3. The molecule has 6 rings (SSSR count). The average Bonchev–Trinajstić information content (AvgIpc) is 3.31. The molecule has 0 spiro atoms. The standard InChI is InChI=1S/C30H27FN4O5S/c1-4-18-5-6-22-25(11-18)34-30-28(22)29(36)24-14-27(39-17(2)3)23(13-26(24)35(30)20-7-9-32-10-8-20)19-12-21(16-33-15-19)40-41(31,37)38/h1,5-6,11-17,20,32,34H,7-10H2,2-3H3. The van der Waals surface area contributed by atoms with Crippen LogP contribution in [0.25, 0.3) is 44.0 Å². The largest absolute Gasteiger partial charge is 0.490 e. The number of nitrogens with zero attached hydrogens (tertiary/aromatic N) is 2. The molecule has 0 saturated carbocycles. The third-order valence-electron chi connectivity index (χ3n) is 7.27. The lowest BCUT2D eigenvalue weighted by atomic mass is 9.99. The fourth-order valence-corrected chi connectivity index (χ4v) is 5.96. The molecule has 4 heterocycles. The Hall–Kier alpha value is -4.40. The van der Waals surface area contributed by atoms with E-state index < -0.39 is 10.5 Å². The van der Waals surface area contributed by atoms with Gasteiger partial charge < -0.3 is 23.8 Å². The van der Waals surface area contributed by atoms with Crippen molar-refractivity contribution >= 4 is 43.3 Å². The molecule has 0 amide bonds. The third kappa shape index (κ3) is 5.01. The zero-order valence-electron chi connectivity index (χ0n) is 22.4. The number of aromatic amines is 1.